The molecule has 17 heavy (non-hydrogen) atoms. The second-order valence-electron chi connectivity index (χ2n) is 3.99. The van der Waals surface area contributed by atoms with E-state index in [2.05, 4.69) is 0 Å². The van der Waals surface area contributed by atoms with Gasteiger partial charge in [0.1, 0.15) is 11.8 Å². The van der Waals surface area contributed by atoms with Gasteiger partial charge in [-0.05, 0) is 31.7 Å². The Bertz CT molecular complexity index is 370. The Morgan fingerprint density at radius 1 is 1.41 bits per heavy atom. The number of nitrogens with zero attached hydrogens (tertiary/aromatic N) is 2. The van der Waals surface area contributed by atoms with Gasteiger partial charge in [0, 0.05) is 13.1 Å². The number of hydrogen-bond acceptors (Lipinski definition) is 4. The minimum atomic E-state index is -0.432. The Kier molecular flexibility index (Phi) is 5.47. The molecule has 0 bridgehead atoms. The quantitative estimate of drug-likeness (QED) is 0.808. The Hall–Kier alpha value is -1.57. The smallest absolute Gasteiger partial charge is 0.181 e. The number of ether oxygens (including phenoxy) is 1. The summed E-state index contributed by atoms with van der Waals surface area (Å²) in [6.45, 7) is 3.32. The van der Waals surface area contributed by atoms with Gasteiger partial charge in [-0.3, -0.25) is 4.90 Å². The standard InChI is InChI=1S/C13H18N2O2/c1-11(9-14)17-13-5-3-12(4-6-13)10-15(2)7-8-16/h3-6,11,16H,7-8,10H2,1-2H3. The van der Waals surface area contributed by atoms with Crippen LogP contribution in [0.2, 0.25) is 0 Å². The number of likely N-dealkylation sites (N-methyl/N-ethyl adjacent to an activating group) is 1. The van der Waals surface area contributed by atoms with E-state index in [-0.39, 0.29) is 6.61 Å². The van der Waals surface area contributed by atoms with Gasteiger partial charge in [0.15, 0.2) is 6.10 Å². The summed E-state index contributed by atoms with van der Waals surface area (Å²) in [5, 5.41) is 17.4. The molecule has 4 nitrogen and oxygen atoms in total. The highest BCUT2D eigenvalue weighted by atomic mass is 16.5. The maximum absolute atomic E-state index is 8.79. The lowest BCUT2D eigenvalue weighted by molar-refractivity contribution is 0.217. The zero-order valence-electron chi connectivity index (χ0n) is 10.3. The first-order valence-corrected chi connectivity index (χ1v) is 5.60. The summed E-state index contributed by atoms with van der Waals surface area (Å²) < 4.78 is 5.36. The maximum atomic E-state index is 8.79. The molecule has 1 N–H and O–H groups in total. The van der Waals surface area contributed by atoms with Crippen molar-refractivity contribution in [3.8, 4) is 11.8 Å². The van der Waals surface area contributed by atoms with Gasteiger partial charge in [-0.15, -0.1) is 0 Å². The molecule has 0 spiro atoms. The second-order valence-corrected chi connectivity index (χ2v) is 3.99. The van der Waals surface area contributed by atoms with Gasteiger partial charge in [-0.25, -0.2) is 0 Å². The average Bonchev–Trinajstić information content (AvgIpc) is 2.32. The van der Waals surface area contributed by atoms with Gasteiger partial charge in [-0.1, -0.05) is 12.1 Å². The molecule has 0 heterocycles. The van der Waals surface area contributed by atoms with Crippen molar-refractivity contribution < 1.29 is 9.84 Å². The Morgan fingerprint density at radius 3 is 2.59 bits per heavy atom. The molecule has 1 unspecified atom stereocenters. The van der Waals surface area contributed by atoms with Gasteiger partial charge in [-0.2, -0.15) is 5.26 Å². The van der Waals surface area contributed by atoms with Crippen LogP contribution in [-0.2, 0) is 6.54 Å². The summed E-state index contributed by atoms with van der Waals surface area (Å²) in [6, 6.07) is 9.66. The highest BCUT2D eigenvalue weighted by molar-refractivity contribution is 5.27. The molecule has 0 saturated carbocycles. The summed E-state index contributed by atoms with van der Waals surface area (Å²) in [6.07, 6.45) is -0.432. The Morgan fingerprint density at radius 2 is 2.06 bits per heavy atom. The van der Waals surface area contributed by atoms with Crippen molar-refractivity contribution in [1.29, 1.82) is 5.26 Å². The van der Waals surface area contributed by atoms with Crippen LogP contribution in [0.15, 0.2) is 24.3 Å². The number of nitriles is 1. The predicted octanol–water partition coefficient (Wildman–Crippen LogP) is 1.40. The monoisotopic (exact) mass is 234 g/mol. The van der Waals surface area contributed by atoms with Crippen LogP contribution in [0.3, 0.4) is 0 Å². The molecule has 0 aliphatic heterocycles. The minimum absolute atomic E-state index is 0.164. The fraction of sp³-hybridized carbons (Fsp3) is 0.462. The van der Waals surface area contributed by atoms with Gasteiger partial charge in [0.25, 0.3) is 0 Å². The van der Waals surface area contributed by atoms with Crippen LogP contribution >= 0.6 is 0 Å². The van der Waals surface area contributed by atoms with E-state index in [0.29, 0.717) is 12.3 Å². The highest BCUT2D eigenvalue weighted by Gasteiger charge is 2.03. The molecule has 1 aromatic carbocycles. The summed E-state index contributed by atoms with van der Waals surface area (Å²) in [7, 11) is 1.96. The minimum Gasteiger partial charge on any atom is -0.476 e. The molecule has 1 aromatic rings. The molecule has 4 heteroatoms. The zero-order valence-corrected chi connectivity index (χ0v) is 10.3. The van der Waals surface area contributed by atoms with E-state index >= 15 is 0 Å². The molecular formula is C13H18N2O2. The SMILES string of the molecule is CC(C#N)Oc1ccc(CN(C)CCO)cc1. The lowest BCUT2D eigenvalue weighted by Gasteiger charge is -2.15. The number of hydrogen-bond donors (Lipinski definition) is 1. The van der Waals surface area contributed by atoms with Crippen LogP contribution in [0, 0.1) is 11.3 Å². The van der Waals surface area contributed by atoms with Crippen LogP contribution in [0.4, 0.5) is 0 Å². The van der Waals surface area contributed by atoms with E-state index in [0.717, 1.165) is 12.1 Å². The normalized spacial score (nSPS) is 12.2. The molecule has 0 amide bonds. The van der Waals surface area contributed by atoms with E-state index < -0.39 is 6.10 Å². The molecule has 0 aliphatic rings. The second kappa shape index (κ2) is 6.89. The first kappa shape index (κ1) is 13.5. The van der Waals surface area contributed by atoms with Crippen molar-refractivity contribution in [3.05, 3.63) is 29.8 Å². The van der Waals surface area contributed by atoms with Crippen LogP contribution < -0.4 is 4.74 Å². The molecule has 0 aliphatic carbocycles. The Labute approximate surface area is 102 Å². The molecule has 1 atom stereocenters. The summed E-state index contributed by atoms with van der Waals surface area (Å²) in [5.74, 6) is 0.701. The van der Waals surface area contributed by atoms with Gasteiger partial charge in [0.2, 0.25) is 0 Å². The first-order valence-electron chi connectivity index (χ1n) is 5.60. The van der Waals surface area contributed by atoms with Crippen LogP contribution in [0.5, 0.6) is 5.75 Å². The van der Waals surface area contributed by atoms with Crippen molar-refractivity contribution in [2.45, 2.75) is 19.6 Å². The molecule has 1 rings (SSSR count). The van der Waals surface area contributed by atoms with Crippen LogP contribution in [-0.4, -0.2) is 36.3 Å². The highest BCUT2D eigenvalue weighted by Crippen LogP contribution is 2.14. The average molecular weight is 234 g/mol. The van der Waals surface area contributed by atoms with Crippen molar-refractivity contribution in [2.75, 3.05) is 20.2 Å². The molecule has 0 fully saturated rings. The fourth-order valence-corrected chi connectivity index (χ4v) is 1.47. The van der Waals surface area contributed by atoms with E-state index in [1.807, 2.05) is 42.3 Å². The van der Waals surface area contributed by atoms with Gasteiger partial charge >= 0.3 is 0 Å². The molecule has 0 radical (unpaired) electrons. The number of aliphatic hydroxyl groups excluding tert-OH is 1. The van der Waals surface area contributed by atoms with Crippen molar-refractivity contribution in [3.63, 3.8) is 0 Å². The number of benzene rings is 1. The zero-order chi connectivity index (χ0) is 12.7. The Balaban J connectivity index is 2.53. The number of aliphatic hydroxyl groups is 1. The third kappa shape index (κ3) is 4.85. The molecule has 0 aromatic heterocycles. The topological polar surface area (TPSA) is 56.5 Å². The third-order valence-electron chi connectivity index (χ3n) is 2.35. The van der Waals surface area contributed by atoms with E-state index in [9.17, 15) is 0 Å². The van der Waals surface area contributed by atoms with Crippen LogP contribution in [0.25, 0.3) is 0 Å². The number of rotatable bonds is 6. The molecule has 0 saturated heterocycles. The first-order chi connectivity index (χ1) is 8.15. The van der Waals surface area contributed by atoms with Crippen molar-refractivity contribution in [1.82, 2.24) is 4.90 Å². The van der Waals surface area contributed by atoms with E-state index in [4.69, 9.17) is 15.1 Å². The lowest BCUT2D eigenvalue weighted by atomic mass is 10.2. The molecule has 92 valence electrons. The van der Waals surface area contributed by atoms with Gasteiger partial charge in [0.05, 0.1) is 6.61 Å². The summed E-state index contributed by atoms with van der Waals surface area (Å²) >= 11 is 0. The van der Waals surface area contributed by atoms with Crippen LogP contribution in [0.1, 0.15) is 12.5 Å². The third-order valence-corrected chi connectivity index (χ3v) is 2.35. The largest absolute Gasteiger partial charge is 0.476 e. The van der Waals surface area contributed by atoms with E-state index in [1.54, 1.807) is 6.92 Å². The van der Waals surface area contributed by atoms with E-state index in [1.165, 1.54) is 0 Å². The molecular weight excluding hydrogens is 216 g/mol. The fourth-order valence-electron chi connectivity index (χ4n) is 1.47. The summed E-state index contributed by atoms with van der Waals surface area (Å²) in [4.78, 5) is 2.04. The predicted molar refractivity (Wildman–Crippen MR) is 65.6 cm³/mol. The lowest BCUT2D eigenvalue weighted by Crippen LogP contribution is -2.21. The maximum Gasteiger partial charge on any atom is 0.181 e. The van der Waals surface area contributed by atoms with Gasteiger partial charge < -0.3 is 9.84 Å². The van der Waals surface area contributed by atoms with Crippen molar-refractivity contribution >= 4 is 0 Å². The van der Waals surface area contributed by atoms with Crippen molar-refractivity contribution in [2.24, 2.45) is 0 Å². The summed E-state index contributed by atoms with van der Waals surface area (Å²) in [5.41, 5.74) is 1.15.